The highest BCUT2D eigenvalue weighted by Crippen LogP contribution is 2.44. The second-order valence-corrected chi connectivity index (χ2v) is 9.88. The number of rotatable bonds is 7. The largest absolute Gasteiger partial charge is 0.491 e. The zero-order chi connectivity index (χ0) is 22.0. The molecule has 5 nitrogen and oxygen atoms in total. The van der Waals surface area contributed by atoms with Crippen LogP contribution in [0.3, 0.4) is 0 Å². The fourth-order valence-corrected chi connectivity index (χ4v) is 3.84. The Labute approximate surface area is 178 Å². The lowest BCUT2D eigenvalue weighted by Gasteiger charge is -2.41. The molecule has 1 aromatic rings. The van der Waals surface area contributed by atoms with Gasteiger partial charge in [0.25, 0.3) is 0 Å². The van der Waals surface area contributed by atoms with Crippen molar-refractivity contribution in [1.82, 2.24) is 4.90 Å². The number of hydrogen-bond donors (Lipinski definition) is 1. The summed E-state index contributed by atoms with van der Waals surface area (Å²) in [6.45, 7) is 13.2. The van der Waals surface area contributed by atoms with Gasteiger partial charge >= 0.3 is 5.97 Å². The van der Waals surface area contributed by atoms with Crippen LogP contribution in [0.2, 0.25) is 5.02 Å². The maximum absolute atomic E-state index is 12.8. The minimum absolute atomic E-state index is 0.0245. The number of carboxylic acids is 1. The van der Waals surface area contributed by atoms with Gasteiger partial charge < -0.3 is 14.7 Å². The number of halogens is 1. The van der Waals surface area contributed by atoms with Crippen LogP contribution in [0.4, 0.5) is 0 Å². The molecule has 1 aliphatic rings. The standard InChI is InChI=1S/C23H32ClNO4/c1-15(2)17-13-25(10-9-21(27)28)20(26)12-23(17,6)16-7-8-19(18(24)11-16)29-14-22(3,4)5/h7-8,11,13,15H,9-10,12,14H2,1-6H3,(H,27,28)/t23-/m0/s1. The van der Waals surface area contributed by atoms with Crippen molar-refractivity contribution >= 4 is 23.5 Å². The molecule has 1 aromatic carbocycles. The molecular weight excluding hydrogens is 390 g/mol. The summed E-state index contributed by atoms with van der Waals surface area (Å²) in [5.74, 6) is -0.171. The number of benzene rings is 1. The van der Waals surface area contributed by atoms with E-state index in [9.17, 15) is 9.59 Å². The molecule has 0 bridgehead atoms. The molecular formula is C23H32ClNO4. The van der Waals surface area contributed by atoms with Gasteiger partial charge in [-0.2, -0.15) is 0 Å². The number of carbonyl (C=O) groups excluding carboxylic acids is 1. The highest BCUT2D eigenvalue weighted by atomic mass is 35.5. The van der Waals surface area contributed by atoms with Crippen molar-refractivity contribution in [2.24, 2.45) is 11.3 Å². The Morgan fingerprint density at radius 2 is 2.00 bits per heavy atom. The second-order valence-electron chi connectivity index (χ2n) is 9.47. The van der Waals surface area contributed by atoms with Crippen LogP contribution in [-0.4, -0.2) is 35.0 Å². The highest BCUT2D eigenvalue weighted by Gasteiger charge is 2.40. The lowest BCUT2D eigenvalue weighted by atomic mass is 9.68. The van der Waals surface area contributed by atoms with Crippen molar-refractivity contribution in [3.63, 3.8) is 0 Å². The minimum atomic E-state index is -0.914. The molecule has 0 aliphatic carbocycles. The van der Waals surface area contributed by atoms with Crippen molar-refractivity contribution < 1.29 is 19.4 Å². The summed E-state index contributed by atoms with van der Waals surface area (Å²) in [5, 5.41) is 9.48. The molecule has 1 atom stereocenters. The molecule has 1 amide bonds. The Hall–Kier alpha value is -2.01. The monoisotopic (exact) mass is 421 g/mol. The molecule has 1 aliphatic heterocycles. The van der Waals surface area contributed by atoms with Crippen molar-refractivity contribution in [2.45, 2.75) is 59.8 Å². The number of amides is 1. The third kappa shape index (κ3) is 5.75. The SMILES string of the molecule is CC(C)C1=CN(CCC(=O)O)C(=O)C[C@@]1(C)c1ccc(OCC(C)(C)C)c(Cl)c1. The van der Waals surface area contributed by atoms with Crippen molar-refractivity contribution in [3.8, 4) is 5.75 Å². The van der Waals surface area contributed by atoms with E-state index >= 15 is 0 Å². The zero-order valence-electron chi connectivity index (χ0n) is 18.2. The van der Waals surface area contributed by atoms with E-state index in [1.165, 1.54) is 4.90 Å². The molecule has 0 aromatic heterocycles. The number of allylic oxidation sites excluding steroid dienone is 1. The van der Waals surface area contributed by atoms with E-state index in [0.717, 1.165) is 11.1 Å². The summed E-state index contributed by atoms with van der Waals surface area (Å²) in [5.41, 5.74) is 1.56. The van der Waals surface area contributed by atoms with Gasteiger partial charge in [-0.15, -0.1) is 0 Å². The van der Waals surface area contributed by atoms with Gasteiger partial charge in [0, 0.05) is 24.6 Å². The predicted octanol–water partition coefficient (Wildman–Crippen LogP) is 5.27. The van der Waals surface area contributed by atoms with E-state index in [2.05, 4.69) is 34.6 Å². The molecule has 1 N–H and O–H groups in total. The van der Waals surface area contributed by atoms with E-state index < -0.39 is 11.4 Å². The smallest absolute Gasteiger partial charge is 0.305 e. The molecule has 0 radical (unpaired) electrons. The average molecular weight is 422 g/mol. The third-order valence-corrected chi connectivity index (χ3v) is 5.47. The number of nitrogens with zero attached hydrogens (tertiary/aromatic N) is 1. The summed E-state index contributed by atoms with van der Waals surface area (Å²) < 4.78 is 5.87. The highest BCUT2D eigenvalue weighted by molar-refractivity contribution is 6.32. The van der Waals surface area contributed by atoms with E-state index in [1.54, 1.807) is 0 Å². The first-order valence-electron chi connectivity index (χ1n) is 10.00. The molecule has 0 unspecified atom stereocenters. The van der Waals surface area contributed by atoms with E-state index in [-0.39, 0.29) is 36.6 Å². The average Bonchev–Trinajstić information content (AvgIpc) is 2.58. The Bertz CT molecular complexity index is 810. The number of aliphatic carboxylic acids is 1. The Kier molecular flexibility index (Phi) is 7.05. The van der Waals surface area contributed by atoms with Gasteiger partial charge in [0.2, 0.25) is 5.91 Å². The minimum Gasteiger partial charge on any atom is -0.491 e. The molecule has 0 spiro atoms. The summed E-state index contributed by atoms with van der Waals surface area (Å²) in [6.07, 6.45) is 2.03. The lowest BCUT2D eigenvalue weighted by Crippen LogP contribution is -2.42. The van der Waals surface area contributed by atoms with E-state index in [4.69, 9.17) is 21.4 Å². The molecule has 1 heterocycles. The third-order valence-electron chi connectivity index (χ3n) is 5.18. The Balaban J connectivity index is 2.36. The number of carboxylic acid groups (broad SMARTS) is 1. The molecule has 0 saturated heterocycles. The zero-order valence-corrected chi connectivity index (χ0v) is 19.0. The fourth-order valence-electron chi connectivity index (χ4n) is 3.60. The summed E-state index contributed by atoms with van der Waals surface area (Å²) >= 11 is 6.51. The van der Waals surface area contributed by atoms with Crippen molar-refractivity contribution in [3.05, 3.63) is 40.6 Å². The van der Waals surface area contributed by atoms with Gasteiger partial charge in [0.1, 0.15) is 5.75 Å². The van der Waals surface area contributed by atoms with E-state index in [0.29, 0.717) is 17.4 Å². The van der Waals surface area contributed by atoms with Gasteiger partial charge in [-0.25, -0.2) is 0 Å². The quantitative estimate of drug-likeness (QED) is 0.651. The number of hydrogen-bond acceptors (Lipinski definition) is 3. The fraction of sp³-hybridized carbons (Fsp3) is 0.565. The molecule has 160 valence electrons. The second kappa shape index (κ2) is 8.78. The topological polar surface area (TPSA) is 66.8 Å². The normalized spacial score (nSPS) is 20.1. The molecule has 0 fully saturated rings. The molecule has 2 rings (SSSR count). The van der Waals surface area contributed by atoms with Gasteiger partial charge in [-0.3, -0.25) is 9.59 Å². The Morgan fingerprint density at radius 1 is 1.34 bits per heavy atom. The van der Waals surface area contributed by atoms with Gasteiger partial charge in [-0.05, 0) is 34.6 Å². The van der Waals surface area contributed by atoms with Crippen LogP contribution in [0, 0.1) is 11.3 Å². The van der Waals surface area contributed by atoms with Gasteiger partial charge in [0.15, 0.2) is 0 Å². The van der Waals surface area contributed by atoms with Crippen LogP contribution < -0.4 is 4.74 Å². The van der Waals surface area contributed by atoms with Crippen molar-refractivity contribution in [1.29, 1.82) is 0 Å². The van der Waals surface area contributed by atoms with Gasteiger partial charge in [0.05, 0.1) is 18.1 Å². The number of ether oxygens (including phenoxy) is 1. The van der Waals surface area contributed by atoms with Crippen LogP contribution >= 0.6 is 11.6 Å². The van der Waals surface area contributed by atoms with Gasteiger partial charge in [-0.1, -0.05) is 59.2 Å². The molecule has 29 heavy (non-hydrogen) atoms. The Morgan fingerprint density at radius 3 is 2.52 bits per heavy atom. The van der Waals surface area contributed by atoms with Crippen LogP contribution in [-0.2, 0) is 15.0 Å². The summed E-state index contributed by atoms with van der Waals surface area (Å²) in [6, 6.07) is 5.73. The number of carbonyl (C=O) groups is 2. The maximum Gasteiger partial charge on any atom is 0.305 e. The lowest BCUT2D eigenvalue weighted by molar-refractivity contribution is -0.138. The molecule has 6 heteroatoms. The first-order chi connectivity index (χ1) is 13.3. The van der Waals surface area contributed by atoms with Crippen LogP contribution in [0.15, 0.2) is 30.0 Å². The van der Waals surface area contributed by atoms with Crippen LogP contribution in [0.1, 0.15) is 59.9 Å². The first-order valence-corrected chi connectivity index (χ1v) is 10.4. The van der Waals surface area contributed by atoms with Crippen molar-refractivity contribution in [2.75, 3.05) is 13.2 Å². The van der Waals surface area contributed by atoms with Crippen LogP contribution in [0.5, 0.6) is 5.75 Å². The summed E-state index contributed by atoms with van der Waals surface area (Å²) in [4.78, 5) is 25.2. The first kappa shape index (κ1) is 23.3. The molecule has 0 saturated carbocycles. The summed E-state index contributed by atoms with van der Waals surface area (Å²) in [7, 11) is 0. The van der Waals surface area contributed by atoms with E-state index in [1.807, 2.05) is 31.3 Å². The maximum atomic E-state index is 12.8. The van der Waals surface area contributed by atoms with Crippen LogP contribution in [0.25, 0.3) is 0 Å². The predicted molar refractivity (Wildman–Crippen MR) is 115 cm³/mol.